The molecule has 3 rings (SSSR count). The number of nitrogens with zero attached hydrogens (tertiary/aromatic N) is 4. The summed E-state index contributed by atoms with van der Waals surface area (Å²) < 4.78 is 62.5. The van der Waals surface area contributed by atoms with Gasteiger partial charge >= 0.3 is 6.18 Å². The number of fused-ring (bicyclic) bond motifs is 1. The SMILES string of the molecule is CS(=O)(=O)CCc1ccc(Nc2cc(C(F)(F)F)nc3ncnn23)cc1. The van der Waals surface area contributed by atoms with Gasteiger partial charge in [-0.1, -0.05) is 12.1 Å². The van der Waals surface area contributed by atoms with E-state index in [1.165, 1.54) is 0 Å². The van der Waals surface area contributed by atoms with E-state index >= 15 is 0 Å². The molecule has 7 nitrogen and oxygen atoms in total. The van der Waals surface area contributed by atoms with Crippen LogP contribution >= 0.6 is 0 Å². The number of alkyl halides is 3. The number of halogens is 3. The third kappa shape index (κ3) is 4.28. The zero-order chi connectivity index (χ0) is 18.9. The Labute approximate surface area is 146 Å². The van der Waals surface area contributed by atoms with Crippen molar-refractivity contribution in [2.24, 2.45) is 0 Å². The smallest absolute Gasteiger partial charge is 0.340 e. The summed E-state index contributed by atoms with van der Waals surface area (Å²) >= 11 is 0. The molecule has 0 fully saturated rings. The van der Waals surface area contributed by atoms with Crippen LogP contribution < -0.4 is 5.32 Å². The van der Waals surface area contributed by atoms with Crippen LogP contribution in [0, 0.1) is 0 Å². The highest BCUT2D eigenvalue weighted by molar-refractivity contribution is 7.90. The van der Waals surface area contributed by atoms with Gasteiger partial charge in [0.15, 0.2) is 5.69 Å². The van der Waals surface area contributed by atoms with E-state index in [2.05, 4.69) is 20.4 Å². The molecule has 1 N–H and O–H groups in total. The van der Waals surface area contributed by atoms with Gasteiger partial charge in [0.2, 0.25) is 0 Å². The average molecular weight is 385 g/mol. The Hall–Kier alpha value is -2.69. The van der Waals surface area contributed by atoms with E-state index in [1.54, 1.807) is 24.3 Å². The summed E-state index contributed by atoms with van der Waals surface area (Å²) in [6.07, 6.45) is -1.98. The minimum atomic E-state index is -4.61. The van der Waals surface area contributed by atoms with Crippen molar-refractivity contribution in [3.05, 3.63) is 47.9 Å². The van der Waals surface area contributed by atoms with Crippen molar-refractivity contribution < 1.29 is 21.6 Å². The van der Waals surface area contributed by atoms with Gasteiger partial charge in [0.05, 0.1) is 5.75 Å². The lowest BCUT2D eigenvalue weighted by Crippen LogP contribution is -2.12. The van der Waals surface area contributed by atoms with E-state index in [4.69, 9.17) is 0 Å². The van der Waals surface area contributed by atoms with Gasteiger partial charge in [-0.2, -0.15) is 27.8 Å². The summed E-state index contributed by atoms with van der Waals surface area (Å²) in [6.45, 7) is 0. The van der Waals surface area contributed by atoms with Crippen LogP contribution in [-0.2, 0) is 22.4 Å². The van der Waals surface area contributed by atoms with Gasteiger partial charge in [0.25, 0.3) is 5.78 Å². The molecular formula is C15H14F3N5O2S. The number of rotatable bonds is 5. The first-order valence-electron chi connectivity index (χ1n) is 7.43. The molecule has 3 aromatic rings. The number of benzene rings is 1. The molecule has 11 heteroatoms. The van der Waals surface area contributed by atoms with Gasteiger partial charge < -0.3 is 5.32 Å². The number of aromatic nitrogens is 4. The van der Waals surface area contributed by atoms with E-state index in [0.29, 0.717) is 12.1 Å². The molecule has 0 bridgehead atoms. The van der Waals surface area contributed by atoms with Crippen LogP contribution in [0.1, 0.15) is 11.3 Å². The third-order valence-electron chi connectivity index (χ3n) is 3.53. The number of anilines is 2. The van der Waals surface area contributed by atoms with Crippen LogP contribution in [0.3, 0.4) is 0 Å². The molecule has 0 spiro atoms. The van der Waals surface area contributed by atoms with Crippen molar-refractivity contribution in [2.45, 2.75) is 12.6 Å². The maximum atomic E-state index is 13.0. The number of nitrogens with one attached hydrogen (secondary N) is 1. The Bertz CT molecular complexity index is 1030. The monoisotopic (exact) mass is 385 g/mol. The molecule has 138 valence electrons. The Morgan fingerprint density at radius 3 is 2.50 bits per heavy atom. The highest BCUT2D eigenvalue weighted by Crippen LogP contribution is 2.30. The lowest BCUT2D eigenvalue weighted by molar-refractivity contribution is -0.141. The molecular weight excluding hydrogens is 371 g/mol. The summed E-state index contributed by atoms with van der Waals surface area (Å²) in [5.74, 6) is -0.0886. The van der Waals surface area contributed by atoms with Crippen LogP contribution in [0.4, 0.5) is 24.7 Å². The molecule has 0 aliphatic heterocycles. The van der Waals surface area contributed by atoms with E-state index in [0.717, 1.165) is 28.7 Å². The Morgan fingerprint density at radius 1 is 1.19 bits per heavy atom. The normalized spacial score (nSPS) is 12.5. The molecule has 0 amide bonds. The molecule has 0 radical (unpaired) electrons. The second-order valence-corrected chi connectivity index (χ2v) is 7.96. The summed E-state index contributed by atoms with van der Waals surface area (Å²) in [7, 11) is -3.07. The van der Waals surface area contributed by atoms with Crippen molar-refractivity contribution in [3.8, 4) is 0 Å². The molecule has 0 saturated heterocycles. The van der Waals surface area contributed by atoms with Gasteiger partial charge in [-0.3, -0.25) is 0 Å². The molecule has 1 aromatic carbocycles. The third-order valence-corrected chi connectivity index (χ3v) is 4.48. The fourth-order valence-corrected chi connectivity index (χ4v) is 2.86. The number of hydrogen-bond donors (Lipinski definition) is 1. The molecule has 2 heterocycles. The molecule has 2 aromatic heterocycles. The number of hydrogen-bond acceptors (Lipinski definition) is 6. The maximum Gasteiger partial charge on any atom is 0.433 e. The van der Waals surface area contributed by atoms with Crippen molar-refractivity contribution in [1.29, 1.82) is 0 Å². The van der Waals surface area contributed by atoms with Gasteiger partial charge in [-0.15, -0.1) is 0 Å². The number of sulfone groups is 1. The maximum absolute atomic E-state index is 13.0. The summed E-state index contributed by atoms with van der Waals surface area (Å²) in [6, 6.07) is 7.55. The zero-order valence-electron chi connectivity index (χ0n) is 13.5. The van der Waals surface area contributed by atoms with Crippen LogP contribution in [-0.4, -0.2) is 40.0 Å². The highest BCUT2D eigenvalue weighted by Gasteiger charge is 2.34. The van der Waals surface area contributed by atoms with Crippen molar-refractivity contribution in [3.63, 3.8) is 0 Å². The molecule has 0 unspecified atom stereocenters. The predicted molar refractivity (Wildman–Crippen MR) is 88.9 cm³/mol. The van der Waals surface area contributed by atoms with Crippen molar-refractivity contribution >= 4 is 27.1 Å². The van der Waals surface area contributed by atoms with E-state index in [-0.39, 0.29) is 17.3 Å². The average Bonchev–Trinajstić information content (AvgIpc) is 3.01. The van der Waals surface area contributed by atoms with Crippen molar-refractivity contribution in [1.82, 2.24) is 19.6 Å². The van der Waals surface area contributed by atoms with E-state index < -0.39 is 21.7 Å². The fourth-order valence-electron chi connectivity index (χ4n) is 2.25. The first kappa shape index (κ1) is 18.1. The highest BCUT2D eigenvalue weighted by atomic mass is 32.2. The van der Waals surface area contributed by atoms with Crippen molar-refractivity contribution in [2.75, 3.05) is 17.3 Å². The first-order valence-corrected chi connectivity index (χ1v) is 9.49. The van der Waals surface area contributed by atoms with Gasteiger partial charge in [-0.25, -0.2) is 13.4 Å². The molecule has 0 saturated carbocycles. The Balaban J connectivity index is 1.85. The second kappa shape index (κ2) is 6.56. The van der Waals surface area contributed by atoms with Crippen LogP contribution in [0.15, 0.2) is 36.7 Å². The van der Waals surface area contributed by atoms with Crippen LogP contribution in [0.25, 0.3) is 5.78 Å². The number of aryl methyl sites for hydroxylation is 1. The molecule has 0 aliphatic rings. The quantitative estimate of drug-likeness (QED) is 0.726. The molecule has 0 aliphatic carbocycles. The largest absolute Gasteiger partial charge is 0.433 e. The summed E-state index contributed by atoms with van der Waals surface area (Å²) in [4.78, 5) is 7.14. The zero-order valence-corrected chi connectivity index (χ0v) is 14.3. The Kier molecular flexibility index (Phi) is 4.57. The summed E-state index contributed by atoms with van der Waals surface area (Å²) in [5.41, 5.74) is 0.243. The van der Waals surface area contributed by atoms with Crippen LogP contribution in [0.5, 0.6) is 0 Å². The second-order valence-electron chi connectivity index (χ2n) is 5.70. The van der Waals surface area contributed by atoms with Gasteiger partial charge in [0.1, 0.15) is 22.0 Å². The minimum absolute atomic E-state index is 0.0264. The molecule has 0 atom stereocenters. The predicted octanol–water partition coefficient (Wildman–Crippen LogP) is 2.47. The molecule has 26 heavy (non-hydrogen) atoms. The first-order chi connectivity index (χ1) is 12.1. The lowest BCUT2D eigenvalue weighted by atomic mass is 10.1. The van der Waals surface area contributed by atoms with E-state index in [1.807, 2.05) is 0 Å². The van der Waals surface area contributed by atoms with Gasteiger partial charge in [-0.05, 0) is 24.1 Å². The van der Waals surface area contributed by atoms with E-state index in [9.17, 15) is 21.6 Å². The fraction of sp³-hybridized carbons (Fsp3) is 0.267. The lowest BCUT2D eigenvalue weighted by Gasteiger charge is -2.12. The van der Waals surface area contributed by atoms with Crippen LogP contribution in [0.2, 0.25) is 0 Å². The Morgan fingerprint density at radius 2 is 1.88 bits per heavy atom. The van der Waals surface area contributed by atoms with Gasteiger partial charge in [0, 0.05) is 18.0 Å². The topological polar surface area (TPSA) is 89.2 Å². The summed E-state index contributed by atoms with van der Waals surface area (Å²) in [5, 5.41) is 6.71. The standard InChI is InChI=1S/C15H14F3N5O2S/c1-26(24,25)7-6-10-2-4-11(5-3-10)21-13-8-12(15(16,17)18)22-14-19-9-20-23(13)14/h2-5,8-9,21H,6-7H2,1H3. The minimum Gasteiger partial charge on any atom is -0.340 e.